The minimum absolute atomic E-state index is 0.105. The summed E-state index contributed by atoms with van der Waals surface area (Å²) in [6, 6.07) is 0. The highest BCUT2D eigenvalue weighted by Crippen LogP contribution is 2.45. The van der Waals surface area contributed by atoms with Crippen molar-refractivity contribution in [2.24, 2.45) is 0 Å². The van der Waals surface area contributed by atoms with Crippen LogP contribution in [-0.4, -0.2) is 95.9 Å². The molecule has 0 fully saturated rings. The monoisotopic (exact) mass is 1320 g/mol. The van der Waals surface area contributed by atoms with Crippen LogP contribution in [0.25, 0.3) is 0 Å². The number of unbranched alkanes of at least 4 members (excludes halogenated alkanes) is 31. The number of hydrogen-bond acceptors (Lipinski definition) is 14. The van der Waals surface area contributed by atoms with Crippen LogP contribution in [0.15, 0.2) is 85.1 Å². The van der Waals surface area contributed by atoms with E-state index in [1.807, 2.05) is 0 Å². The molecule has 0 aliphatic heterocycles. The summed E-state index contributed by atoms with van der Waals surface area (Å²) in [6.07, 6.45) is 71.9. The molecular weight excluding hydrogens is 1190 g/mol. The predicted octanol–water partition coefficient (Wildman–Crippen LogP) is 20.1. The average molecular weight is 1330 g/mol. The van der Waals surface area contributed by atoms with Crippen LogP contribution >= 0.6 is 15.6 Å². The minimum Gasteiger partial charge on any atom is -0.463 e. The molecule has 0 heterocycles. The van der Waals surface area contributed by atoms with E-state index in [1.165, 1.54) is 96.3 Å². The molecule has 0 aromatic rings. The number of aliphatic hydroxyl groups is 2. The fourth-order valence-corrected chi connectivity index (χ4v) is 11.1. The fraction of sp³-hybridized carbons (Fsp3) is 0.767. The minimum atomic E-state index is -4.92. The summed E-state index contributed by atoms with van der Waals surface area (Å²) in [4.78, 5) is 58.4. The zero-order valence-corrected chi connectivity index (χ0v) is 59.0. The molecule has 0 rings (SSSR count). The molecule has 0 aliphatic carbocycles. The Morgan fingerprint density at radius 2 is 0.549 bits per heavy atom. The summed E-state index contributed by atoms with van der Waals surface area (Å²) in [5.41, 5.74) is 0. The van der Waals surface area contributed by atoms with Gasteiger partial charge in [0.15, 0.2) is 6.10 Å². The molecule has 0 radical (unpaired) electrons. The Bertz CT molecular complexity index is 2000. The Balaban J connectivity index is 4.60. The molecule has 0 spiro atoms. The molecule has 0 aliphatic rings. The van der Waals surface area contributed by atoms with Gasteiger partial charge in [0.1, 0.15) is 25.4 Å². The van der Waals surface area contributed by atoms with Crippen molar-refractivity contribution in [1.82, 2.24) is 0 Å². The second kappa shape index (κ2) is 66.7. The highest BCUT2D eigenvalue weighted by Gasteiger charge is 2.29. The first-order chi connectivity index (χ1) is 44.2. The Kier molecular flexibility index (Phi) is 64.3. The zero-order valence-electron chi connectivity index (χ0n) is 57.3. The Morgan fingerprint density at radius 3 is 0.890 bits per heavy atom. The third kappa shape index (κ3) is 67.9. The molecule has 0 bridgehead atoms. The van der Waals surface area contributed by atoms with Gasteiger partial charge < -0.3 is 34.2 Å². The molecule has 528 valence electrons. The number of carbonyl (C=O) groups excluding carboxylic acids is 3. The van der Waals surface area contributed by atoms with Gasteiger partial charge in [-0.05, 0) is 103 Å². The topological polar surface area (TPSA) is 231 Å². The van der Waals surface area contributed by atoms with Crippen LogP contribution in [0.5, 0.6) is 0 Å². The van der Waals surface area contributed by atoms with Gasteiger partial charge in [0, 0.05) is 19.3 Å². The van der Waals surface area contributed by atoms with Crippen molar-refractivity contribution in [2.75, 3.05) is 39.6 Å². The molecule has 16 nitrogen and oxygen atoms in total. The number of ether oxygens (including phenoxy) is 3. The standard InChI is InChI=1S/C73H130O16P2/c1-4-7-10-13-16-19-22-25-27-29-31-32-33-34-36-38-39-42-44-47-50-53-56-59-71(76)83-62-68(74)63-85-90(79,80)86-64-69(75)65-87-91(81,82)88-67-70(89-73(78)61-58-55-52-49-46-41-24-21-18-15-12-9-6-3)66-84-72(77)60-57-54-51-48-45-43-40-37-35-30-28-26-23-20-17-14-11-8-5-2/h16-17,19-20,25-28,31-32,34-37,68-70,74-75H,4-15,18,21-24,29-30,33,38-67H2,1-3H3,(H,79,80)(H,81,82)/b19-16-,20-17-,27-25-,28-26-,32-31-,36-34-,37-35-. The lowest BCUT2D eigenvalue weighted by molar-refractivity contribution is -0.161. The van der Waals surface area contributed by atoms with E-state index in [4.69, 9.17) is 32.3 Å². The molecule has 0 saturated carbocycles. The number of rotatable bonds is 68. The van der Waals surface area contributed by atoms with Crippen LogP contribution in [0.1, 0.15) is 303 Å². The normalized spacial score (nSPS) is 14.7. The molecule has 0 aromatic heterocycles. The van der Waals surface area contributed by atoms with E-state index in [1.54, 1.807) is 0 Å². The van der Waals surface area contributed by atoms with Gasteiger partial charge in [0.2, 0.25) is 0 Å². The summed E-state index contributed by atoms with van der Waals surface area (Å²) < 4.78 is 60.9. The molecular formula is C73H130O16P2. The maximum absolute atomic E-state index is 12.9. The third-order valence-corrected chi connectivity index (χ3v) is 17.0. The summed E-state index contributed by atoms with van der Waals surface area (Å²) in [7, 11) is -9.78. The van der Waals surface area contributed by atoms with Gasteiger partial charge in [-0.25, -0.2) is 9.13 Å². The summed E-state index contributed by atoms with van der Waals surface area (Å²) in [5, 5.41) is 20.6. The van der Waals surface area contributed by atoms with E-state index in [9.17, 15) is 43.5 Å². The van der Waals surface area contributed by atoms with Gasteiger partial charge in [-0.2, -0.15) is 0 Å². The molecule has 5 unspecified atom stereocenters. The van der Waals surface area contributed by atoms with E-state index in [2.05, 4.69) is 106 Å². The second-order valence-electron chi connectivity index (χ2n) is 24.0. The van der Waals surface area contributed by atoms with Crippen molar-refractivity contribution < 1.29 is 75.8 Å². The van der Waals surface area contributed by atoms with Crippen molar-refractivity contribution in [3.8, 4) is 0 Å². The van der Waals surface area contributed by atoms with Crippen LogP contribution in [0.3, 0.4) is 0 Å². The van der Waals surface area contributed by atoms with Gasteiger partial charge >= 0.3 is 33.6 Å². The molecule has 91 heavy (non-hydrogen) atoms. The smallest absolute Gasteiger partial charge is 0.463 e. The number of aliphatic hydroxyl groups excluding tert-OH is 2. The predicted molar refractivity (Wildman–Crippen MR) is 371 cm³/mol. The van der Waals surface area contributed by atoms with Crippen LogP contribution in [-0.2, 0) is 55.8 Å². The van der Waals surface area contributed by atoms with E-state index >= 15 is 0 Å². The number of phosphoric ester groups is 2. The van der Waals surface area contributed by atoms with E-state index in [-0.39, 0.29) is 19.3 Å². The third-order valence-electron chi connectivity index (χ3n) is 15.1. The lowest BCUT2D eigenvalue weighted by atomic mass is 10.0. The lowest BCUT2D eigenvalue weighted by Gasteiger charge is -2.21. The molecule has 5 atom stereocenters. The average Bonchev–Trinajstić information content (AvgIpc) is 3.74. The maximum atomic E-state index is 12.9. The molecule has 0 saturated heterocycles. The maximum Gasteiger partial charge on any atom is 0.472 e. The van der Waals surface area contributed by atoms with Crippen molar-refractivity contribution >= 4 is 33.6 Å². The Hall–Kier alpha value is -3.27. The van der Waals surface area contributed by atoms with Gasteiger partial charge in [0.05, 0.1) is 26.4 Å². The summed E-state index contributed by atoms with van der Waals surface area (Å²) in [5.74, 6) is -1.59. The Morgan fingerprint density at radius 1 is 0.308 bits per heavy atom. The molecule has 4 N–H and O–H groups in total. The largest absolute Gasteiger partial charge is 0.472 e. The van der Waals surface area contributed by atoms with E-state index < -0.39 is 91.5 Å². The van der Waals surface area contributed by atoms with Crippen molar-refractivity contribution in [3.05, 3.63) is 85.1 Å². The van der Waals surface area contributed by atoms with Crippen molar-refractivity contribution in [2.45, 2.75) is 322 Å². The van der Waals surface area contributed by atoms with Crippen molar-refractivity contribution in [1.29, 1.82) is 0 Å². The summed E-state index contributed by atoms with van der Waals surface area (Å²) >= 11 is 0. The van der Waals surface area contributed by atoms with E-state index in [0.29, 0.717) is 19.3 Å². The van der Waals surface area contributed by atoms with Gasteiger partial charge in [0.25, 0.3) is 0 Å². The number of allylic oxidation sites excluding steroid dienone is 14. The van der Waals surface area contributed by atoms with Gasteiger partial charge in [-0.15, -0.1) is 0 Å². The Labute approximate surface area is 553 Å². The van der Waals surface area contributed by atoms with Crippen LogP contribution in [0.2, 0.25) is 0 Å². The number of phosphoric acid groups is 2. The molecule has 18 heteroatoms. The lowest BCUT2D eigenvalue weighted by Crippen LogP contribution is -2.30. The van der Waals surface area contributed by atoms with Gasteiger partial charge in [-0.3, -0.25) is 32.5 Å². The first-order valence-corrected chi connectivity index (χ1v) is 38.9. The highest BCUT2D eigenvalue weighted by atomic mass is 31.2. The van der Waals surface area contributed by atoms with Crippen LogP contribution in [0.4, 0.5) is 0 Å². The van der Waals surface area contributed by atoms with Crippen LogP contribution in [0, 0.1) is 0 Å². The van der Waals surface area contributed by atoms with Gasteiger partial charge in [-0.1, -0.05) is 266 Å². The zero-order chi connectivity index (χ0) is 66.7. The second-order valence-corrected chi connectivity index (χ2v) is 26.9. The first kappa shape index (κ1) is 87.7. The first-order valence-electron chi connectivity index (χ1n) is 35.9. The summed E-state index contributed by atoms with van der Waals surface area (Å²) in [6.45, 7) is 2.61. The number of carbonyl (C=O) groups is 3. The number of esters is 3. The quantitative estimate of drug-likeness (QED) is 0.0146. The SMILES string of the molecule is CCCCC/C=C\C/C=C\C/C=C\C/C=C\CCCCCCCCCC(=O)OCC(O)COP(=O)(O)OCC(O)COP(=O)(O)OCC(COC(=O)CCCCCCCC/C=C\C/C=C\C/C=C\CCCCC)OC(=O)CCCCCCCCCCCCCCC. The molecule has 0 aromatic carbocycles. The highest BCUT2D eigenvalue weighted by molar-refractivity contribution is 7.47. The van der Waals surface area contributed by atoms with Crippen molar-refractivity contribution in [3.63, 3.8) is 0 Å². The number of hydrogen-bond donors (Lipinski definition) is 4. The molecule has 0 amide bonds. The fourth-order valence-electron chi connectivity index (χ4n) is 9.56. The van der Waals surface area contributed by atoms with E-state index in [0.717, 1.165) is 148 Å². The van der Waals surface area contributed by atoms with Crippen LogP contribution < -0.4 is 0 Å².